The minimum absolute atomic E-state index is 0.0605. The van der Waals surface area contributed by atoms with Crippen molar-refractivity contribution in [1.29, 1.82) is 0 Å². The van der Waals surface area contributed by atoms with Crippen molar-refractivity contribution in [3.63, 3.8) is 0 Å². The molecular weight excluding hydrogens is 224 g/mol. The molecule has 0 aliphatic heterocycles. The molecule has 8 nitrogen and oxygen atoms in total. The third kappa shape index (κ3) is 3.33. The summed E-state index contributed by atoms with van der Waals surface area (Å²) in [6.45, 7) is 1.80. The summed E-state index contributed by atoms with van der Waals surface area (Å²) in [4.78, 5) is 0. The molecule has 2 N–H and O–H groups in total. The maximum Gasteiger partial charge on any atom is 0.200 e. The van der Waals surface area contributed by atoms with Crippen molar-refractivity contribution in [1.82, 2.24) is 25.3 Å². The predicted octanol–water partition coefficient (Wildman–Crippen LogP) is -0.670. The Bertz CT molecular complexity index is 459. The molecule has 0 saturated carbocycles. The van der Waals surface area contributed by atoms with Crippen LogP contribution < -0.4 is 5.32 Å². The number of aromatic nitrogens is 5. The molecule has 0 aliphatic carbocycles. The molecule has 0 unspecified atom stereocenters. The first-order valence-corrected chi connectivity index (χ1v) is 5.38. The molecule has 0 fully saturated rings. The lowest BCUT2D eigenvalue weighted by Gasteiger charge is -2.05. The Morgan fingerprint density at radius 1 is 1.35 bits per heavy atom. The Balaban J connectivity index is 1.75. The number of nitrogens with zero attached hydrogens (tertiary/aromatic N) is 5. The fraction of sp³-hybridized carbons (Fsp3) is 0.556. The monoisotopic (exact) mass is 238 g/mol. The quantitative estimate of drug-likeness (QED) is 0.617. The van der Waals surface area contributed by atoms with Gasteiger partial charge in [0.05, 0.1) is 13.2 Å². The molecular formula is C9H14N6O2. The summed E-state index contributed by atoms with van der Waals surface area (Å²) in [6, 6.07) is 3.61. The van der Waals surface area contributed by atoms with E-state index in [1.54, 1.807) is 6.07 Å². The largest absolute Gasteiger partial charge is 0.394 e. The Morgan fingerprint density at radius 2 is 2.29 bits per heavy atom. The number of anilines is 1. The van der Waals surface area contributed by atoms with Gasteiger partial charge in [-0.3, -0.25) is 0 Å². The highest BCUT2D eigenvalue weighted by Crippen LogP contribution is 2.02. The van der Waals surface area contributed by atoms with Gasteiger partial charge < -0.3 is 15.2 Å². The van der Waals surface area contributed by atoms with Crippen LogP contribution in [0.15, 0.2) is 12.1 Å². The van der Waals surface area contributed by atoms with Gasteiger partial charge in [-0.1, -0.05) is 0 Å². The number of aliphatic hydroxyl groups excluding tert-OH is 1. The van der Waals surface area contributed by atoms with E-state index in [4.69, 9.17) is 9.84 Å². The zero-order valence-corrected chi connectivity index (χ0v) is 9.28. The van der Waals surface area contributed by atoms with Gasteiger partial charge in [-0.2, -0.15) is 0 Å². The average molecular weight is 238 g/mol. The molecule has 2 aromatic heterocycles. The second-order valence-electron chi connectivity index (χ2n) is 3.36. The van der Waals surface area contributed by atoms with E-state index in [0.29, 0.717) is 24.7 Å². The highest BCUT2D eigenvalue weighted by Gasteiger charge is 1.99. The van der Waals surface area contributed by atoms with Gasteiger partial charge in [-0.25, -0.2) is 0 Å². The van der Waals surface area contributed by atoms with Gasteiger partial charge in [0, 0.05) is 13.2 Å². The summed E-state index contributed by atoms with van der Waals surface area (Å²) in [5, 5.41) is 26.8. The molecule has 0 radical (unpaired) electrons. The summed E-state index contributed by atoms with van der Waals surface area (Å²) in [7, 11) is 0. The van der Waals surface area contributed by atoms with Crippen molar-refractivity contribution in [3.8, 4) is 0 Å². The molecule has 8 heteroatoms. The van der Waals surface area contributed by atoms with E-state index in [1.807, 2.05) is 6.07 Å². The van der Waals surface area contributed by atoms with Gasteiger partial charge >= 0.3 is 0 Å². The fourth-order valence-electron chi connectivity index (χ4n) is 1.30. The third-order valence-corrected chi connectivity index (χ3v) is 2.08. The zero-order chi connectivity index (χ0) is 11.9. The van der Waals surface area contributed by atoms with Crippen LogP contribution in [0.4, 0.5) is 5.82 Å². The van der Waals surface area contributed by atoms with Crippen molar-refractivity contribution in [2.75, 3.05) is 31.7 Å². The standard InChI is InChI=1S/C9H14N6O2/c16-5-7-17-6-1-4-10-8-2-3-9-11-13-14-15(9)12-8/h2-3,16H,1,4-7H2,(H,10,12). The SMILES string of the molecule is OCCOCCCNc1ccc2nnnn2n1. The number of aliphatic hydroxyl groups is 1. The predicted molar refractivity (Wildman–Crippen MR) is 59.6 cm³/mol. The molecule has 92 valence electrons. The smallest absolute Gasteiger partial charge is 0.200 e. The van der Waals surface area contributed by atoms with Gasteiger partial charge in [0.25, 0.3) is 0 Å². The van der Waals surface area contributed by atoms with Gasteiger partial charge in [0.2, 0.25) is 0 Å². The van der Waals surface area contributed by atoms with Crippen LogP contribution >= 0.6 is 0 Å². The molecule has 2 rings (SSSR count). The molecule has 0 atom stereocenters. The number of rotatable bonds is 7. The topological polar surface area (TPSA) is 97.5 Å². The van der Waals surface area contributed by atoms with Crippen molar-refractivity contribution < 1.29 is 9.84 Å². The van der Waals surface area contributed by atoms with E-state index >= 15 is 0 Å². The molecule has 0 aromatic carbocycles. The van der Waals surface area contributed by atoms with E-state index in [-0.39, 0.29) is 6.61 Å². The Kier molecular flexibility index (Phi) is 4.17. The van der Waals surface area contributed by atoms with Gasteiger partial charge in [0.1, 0.15) is 5.82 Å². The zero-order valence-electron chi connectivity index (χ0n) is 9.28. The van der Waals surface area contributed by atoms with Crippen molar-refractivity contribution in [2.24, 2.45) is 0 Å². The number of fused-ring (bicyclic) bond motifs is 1. The molecule has 0 aliphatic rings. The van der Waals surface area contributed by atoms with Gasteiger partial charge in [-0.15, -0.1) is 14.8 Å². The van der Waals surface area contributed by atoms with Crippen LogP contribution in [0.3, 0.4) is 0 Å². The Hall–Kier alpha value is -1.80. The summed E-state index contributed by atoms with van der Waals surface area (Å²) in [5.74, 6) is 0.715. The first kappa shape index (κ1) is 11.7. The molecule has 0 amide bonds. The summed E-state index contributed by atoms with van der Waals surface area (Å²) >= 11 is 0. The third-order valence-electron chi connectivity index (χ3n) is 2.08. The van der Waals surface area contributed by atoms with Crippen LogP contribution in [0.5, 0.6) is 0 Å². The first-order valence-electron chi connectivity index (χ1n) is 5.38. The lowest BCUT2D eigenvalue weighted by atomic mass is 10.4. The minimum Gasteiger partial charge on any atom is -0.394 e. The highest BCUT2D eigenvalue weighted by molar-refractivity contribution is 5.41. The van der Waals surface area contributed by atoms with Crippen LogP contribution in [0, 0.1) is 0 Å². The molecule has 0 bridgehead atoms. The van der Waals surface area contributed by atoms with E-state index in [2.05, 4.69) is 25.9 Å². The fourth-order valence-corrected chi connectivity index (χ4v) is 1.30. The van der Waals surface area contributed by atoms with Crippen molar-refractivity contribution in [3.05, 3.63) is 12.1 Å². The van der Waals surface area contributed by atoms with Crippen LogP contribution in [0.1, 0.15) is 6.42 Å². The van der Waals surface area contributed by atoms with E-state index in [1.165, 1.54) is 4.63 Å². The van der Waals surface area contributed by atoms with Crippen LogP contribution in [0.2, 0.25) is 0 Å². The number of hydrogen-bond acceptors (Lipinski definition) is 7. The number of ether oxygens (including phenoxy) is 1. The molecule has 2 heterocycles. The van der Waals surface area contributed by atoms with Crippen LogP contribution in [-0.2, 0) is 4.74 Å². The van der Waals surface area contributed by atoms with E-state index in [9.17, 15) is 0 Å². The molecule has 0 spiro atoms. The summed E-state index contributed by atoms with van der Waals surface area (Å²) in [5.41, 5.74) is 0.613. The molecule has 17 heavy (non-hydrogen) atoms. The lowest BCUT2D eigenvalue weighted by molar-refractivity contribution is 0.0922. The minimum atomic E-state index is 0.0605. The van der Waals surface area contributed by atoms with Crippen LogP contribution in [0.25, 0.3) is 5.65 Å². The summed E-state index contributed by atoms with van der Waals surface area (Å²) < 4.78 is 6.50. The van der Waals surface area contributed by atoms with E-state index < -0.39 is 0 Å². The second kappa shape index (κ2) is 6.06. The van der Waals surface area contributed by atoms with Crippen LogP contribution in [-0.4, -0.2) is 56.7 Å². The first-order chi connectivity index (χ1) is 8.40. The van der Waals surface area contributed by atoms with Gasteiger partial charge in [-0.05, 0) is 29.0 Å². The highest BCUT2D eigenvalue weighted by atomic mass is 16.5. The Morgan fingerprint density at radius 3 is 3.18 bits per heavy atom. The summed E-state index contributed by atoms with van der Waals surface area (Å²) in [6.07, 6.45) is 0.843. The van der Waals surface area contributed by atoms with Crippen molar-refractivity contribution in [2.45, 2.75) is 6.42 Å². The maximum atomic E-state index is 8.51. The number of hydrogen-bond donors (Lipinski definition) is 2. The second-order valence-corrected chi connectivity index (χ2v) is 3.36. The normalized spacial score (nSPS) is 10.9. The maximum absolute atomic E-state index is 8.51. The lowest BCUT2D eigenvalue weighted by Crippen LogP contribution is -2.09. The Labute approximate surface area is 97.6 Å². The van der Waals surface area contributed by atoms with E-state index in [0.717, 1.165) is 13.0 Å². The van der Waals surface area contributed by atoms with Gasteiger partial charge in [0.15, 0.2) is 5.65 Å². The molecule has 2 aromatic rings. The molecule has 0 saturated heterocycles. The number of tetrazole rings is 1. The number of nitrogens with one attached hydrogen (secondary N) is 1. The van der Waals surface area contributed by atoms with Crippen molar-refractivity contribution >= 4 is 11.5 Å². The average Bonchev–Trinajstić information content (AvgIpc) is 2.81.